The Labute approximate surface area is 167 Å². The third-order valence-corrected chi connectivity index (χ3v) is 5.59. The highest BCUT2D eigenvalue weighted by atomic mass is 35.5. The number of aryl methyl sites for hydroxylation is 1. The van der Waals surface area contributed by atoms with Gasteiger partial charge in [0, 0.05) is 16.3 Å². The molecule has 0 amide bonds. The van der Waals surface area contributed by atoms with Crippen LogP contribution in [0.25, 0.3) is 11.4 Å². The Kier molecular flexibility index (Phi) is 5.32. The molecule has 0 bridgehead atoms. The average Bonchev–Trinajstić information content (AvgIpc) is 3.32. The van der Waals surface area contributed by atoms with Crippen molar-refractivity contribution < 1.29 is 4.42 Å². The summed E-state index contributed by atoms with van der Waals surface area (Å²) < 4.78 is 7.64. The molecule has 4 aromatic rings. The van der Waals surface area contributed by atoms with Gasteiger partial charge >= 0.3 is 0 Å². The van der Waals surface area contributed by atoms with Crippen molar-refractivity contribution in [2.24, 2.45) is 0 Å². The van der Waals surface area contributed by atoms with Crippen molar-refractivity contribution in [3.8, 4) is 11.4 Å². The Hall–Kier alpha value is -2.50. The first-order chi connectivity index (χ1) is 13.2. The van der Waals surface area contributed by atoms with E-state index < -0.39 is 0 Å². The molecule has 0 atom stereocenters. The number of thioether (sulfide) groups is 1. The van der Waals surface area contributed by atoms with Crippen LogP contribution < -0.4 is 0 Å². The zero-order valence-corrected chi connectivity index (χ0v) is 16.4. The van der Waals surface area contributed by atoms with E-state index in [1.54, 1.807) is 18.0 Å². The molecule has 0 radical (unpaired) electrons. The van der Waals surface area contributed by atoms with Crippen LogP contribution in [0.15, 0.2) is 76.5 Å². The largest absolute Gasteiger partial charge is 0.467 e. The van der Waals surface area contributed by atoms with Gasteiger partial charge in [-0.15, -0.1) is 10.2 Å². The van der Waals surface area contributed by atoms with Crippen LogP contribution in [0, 0.1) is 6.92 Å². The number of halogens is 1. The van der Waals surface area contributed by atoms with Crippen LogP contribution in [-0.2, 0) is 12.3 Å². The predicted octanol–water partition coefficient (Wildman–Crippen LogP) is 5.84. The van der Waals surface area contributed by atoms with Crippen LogP contribution in [0.4, 0.5) is 0 Å². The van der Waals surface area contributed by atoms with Crippen LogP contribution >= 0.6 is 23.4 Å². The first-order valence-electron chi connectivity index (χ1n) is 8.59. The van der Waals surface area contributed by atoms with Crippen LogP contribution in [0.1, 0.15) is 16.9 Å². The molecule has 4 rings (SSSR count). The van der Waals surface area contributed by atoms with Crippen LogP contribution in [0.3, 0.4) is 0 Å². The summed E-state index contributed by atoms with van der Waals surface area (Å²) in [5.74, 6) is 2.42. The molecule has 0 aliphatic carbocycles. The number of benzene rings is 2. The fourth-order valence-electron chi connectivity index (χ4n) is 2.85. The Morgan fingerprint density at radius 2 is 1.93 bits per heavy atom. The topological polar surface area (TPSA) is 43.9 Å². The fourth-order valence-corrected chi connectivity index (χ4v) is 4.08. The van der Waals surface area contributed by atoms with Gasteiger partial charge in [0.25, 0.3) is 0 Å². The third-order valence-electron chi connectivity index (χ3n) is 4.20. The number of rotatable bonds is 6. The monoisotopic (exact) mass is 395 g/mol. The molecule has 6 heteroatoms. The van der Waals surface area contributed by atoms with Crippen molar-refractivity contribution in [3.63, 3.8) is 0 Å². The number of nitrogens with zero attached hydrogens (tertiary/aromatic N) is 3. The van der Waals surface area contributed by atoms with Gasteiger partial charge in [-0.05, 0) is 36.8 Å². The zero-order valence-electron chi connectivity index (χ0n) is 14.8. The lowest BCUT2D eigenvalue weighted by molar-refractivity contribution is 0.485. The minimum atomic E-state index is 0.578. The fraction of sp³-hybridized carbons (Fsp3) is 0.143. The number of hydrogen-bond donors (Lipinski definition) is 0. The van der Waals surface area contributed by atoms with Gasteiger partial charge in [-0.1, -0.05) is 65.3 Å². The lowest BCUT2D eigenvalue weighted by Gasteiger charge is -2.10. The Bertz CT molecular complexity index is 1040. The van der Waals surface area contributed by atoms with Crippen molar-refractivity contribution >= 4 is 23.4 Å². The minimum absolute atomic E-state index is 0.578. The molecule has 4 nitrogen and oxygen atoms in total. The van der Waals surface area contributed by atoms with E-state index in [4.69, 9.17) is 16.0 Å². The maximum atomic E-state index is 6.29. The molecule has 2 aromatic carbocycles. The lowest BCUT2D eigenvalue weighted by Crippen LogP contribution is -2.03. The SMILES string of the molecule is Cc1cccc(-c2nnc(SCc3ccccc3Cl)n2Cc2ccco2)c1. The van der Waals surface area contributed by atoms with Crippen LogP contribution in [0.5, 0.6) is 0 Å². The van der Waals surface area contributed by atoms with E-state index >= 15 is 0 Å². The smallest absolute Gasteiger partial charge is 0.192 e. The second-order valence-corrected chi connectivity index (χ2v) is 7.57. The standard InChI is InChI=1S/C21H18ClN3OS/c1-15-6-4-8-16(12-15)20-23-24-21(25(20)13-18-9-5-11-26-18)27-14-17-7-2-3-10-19(17)22/h2-12H,13-14H2,1H3. The molecule has 0 N–H and O–H groups in total. The van der Waals surface area contributed by atoms with Crippen molar-refractivity contribution in [2.45, 2.75) is 24.4 Å². The van der Waals surface area contributed by atoms with Crippen LogP contribution in [0.2, 0.25) is 5.02 Å². The van der Waals surface area contributed by atoms with Gasteiger partial charge < -0.3 is 4.42 Å². The molecule has 0 saturated heterocycles. The molecule has 0 fully saturated rings. The highest BCUT2D eigenvalue weighted by Gasteiger charge is 2.16. The summed E-state index contributed by atoms with van der Waals surface area (Å²) in [5.41, 5.74) is 3.30. The summed E-state index contributed by atoms with van der Waals surface area (Å²) in [6.07, 6.45) is 1.68. The Morgan fingerprint density at radius 1 is 1.04 bits per heavy atom. The molecule has 136 valence electrons. The van der Waals surface area contributed by atoms with E-state index in [0.29, 0.717) is 6.54 Å². The van der Waals surface area contributed by atoms with Gasteiger partial charge in [-0.3, -0.25) is 4.57 Å². The summed E-state index contributed by atoms with van der Waals surface area (Å²) in [6, 6.07) is 20.0. The first-order valence-corrected chi connectivity index (χ1v) is 9.96. The molecule has 0 unspecified atom stereocenters. The van der Waals surface area contributed by atoms with E-state index in [2.05, 4.69) is 39.9 Å². The highest BCUT2D eigenvalue weighted by molar-refractivity contribution is 7.98. The molecule has 2 heterocycles. The molecule has 0 saturated carbocycles. The number of aromatic nitrogens is 3. The van der Waals surface area contributed by atoms with E-state index in [1.807, 2.05) is 42.5 Å². The van der Waals surface area contributed by atoms with Crippen LogP contribution in [-0.4, -0.2) is 14.8 Å². The van der Waals surface area contributed by atoms with Gasteiger partial charge in [0.15, 0.2) is 11.0 Å². The van der Waals surface area contributed by atoms with E-state index in [-0.39, 0.29) is 0 Å². The third kappa shape index (κ3) is 4.10. The first kappa shape index (κ1) is 17.9. The van der Waals surface area contributed by atoms with Crippen molar-refractivity contribution in [1.82, 2.24) is 14.8 Å². The molecule has 0 aliphatic rings. The second kappa shape index (κ2) is 8.03. The highest BCUT2D eigenvalue weighted by Crippen LogP contribution is 2.29. The van der Waals surface area contributed by atoms with Gasteiger partial charge in [0.2, 0.25) is 0 Å². The summed E-state index contributed by atoms with van der Waals surface area (Å²) in [6.45, 7) is 2.65. The van der Waals surface area contributed by atoms with E-state index in [9.17, 15) is 0 Å². The zero-order chi connectivity index (χ0) is 18.6. The lowest BCUT2D eigenvalue weighted by atomic mass is 10.1. The average molecular weight is 396 g/mol. The molecular formula is C21H18ClN3OS. The maximum Gasteiger partial charge on any atom is 0.192 e. The van der Waals surface area contributed by atoms with Gasteiger partial charge in [0.05, 0.1) is 12.8 Å². The molecule has 0 aliphatic heterocycles. The van der Waals surface area contributed by atoms with E-state index in [0.717, 1.165) is 38.6 Å². The Morgan fingerprint density at radius 3 is 2.70 bits per heavy atom. The number of furan rings is 1. The summed E-state index contributed by atoms with van der Waals surface area (Å²) in [5, 5.41) is 10.5. The van der Waals surface area contributed by atoms with Gasteiger partial charge in [-0.2, -0.15) is 0 Å². The predicted molar refractivity (Wildman–Crippen MR) is 109 cm³/mol. The van der Waals surface area contributed by atoms with Crippen molar-refractivity contribution in [3.05, 3.63) is 88.8 Å². The van der Waals surface area contributed by atoms with Gasteiger partial charge in [0.1, 0.15) is 5.76 Å². The normalized spacial score (nSPS) is 11.0. The summed E-state index contributed by atoms with van der Waals surface area (Å²) >= 11 is 7.91. The number of hydrogen-bond acceptors (Lipinski definition) is 4. The molecule has 0 spiro atoms. The maximum absolute atomic E-state index is 6.29. The second-order valence-electron chi connectivity index (χ2n) is 6.22. The quantitative estimate of drug-likeness (QED) is 0.384. The van der Waals surface area contributed by atoms with E-state index in [1.165, 1.54) is 5.56 Å². The summed E-state index contributed by atoms with van der Waals surface area (Å²) in [4.78, 5) is 0. The minimum Gasteiger partial charge on any atom is -0.467 e. The van der Waals surface area contributed by atoms with Crippen molar-refractivity contribution in [2.75, 3.05) is 0 Å². The molecular weight excluding hydrogens is 378 g/mol. The van der Waals surface area contributed by atoms with Crippen molar-refractivity contribution in [1.29, 1.82) is 0 Å². The van der Waals surface area contributed by atoms with Gasteiger partial charge in [-0.25, -0.2) is 0 Å². The summed E-state index contributed by atoms with van der Waals surface area (Å²) in [7, 11) is 0. The Balaban J connectivity index is 1.67. The molecule has 2 aromatic heterocycles. The molecule has 27 heavy (non-hydrogen) atoms.